The fourth-order valence-corrected chi connectivity index (χ4v) is 10.1. The molecule has 6 rings (SSSR count). The van der Waals surface area contributed by atoms with Crippen molar-refractivity contribution < 1.29 is 43.2 Å². The zero-order chi connectivity index (χ0) is 40.2. The summed E-state index contributed by atoms with van der Waals surface area (Å²) >= 11 is 0. The van der Waals surface area contributed by atoms with E-state index in [-0.39, 0.29) is 31.6 Å². The maximum Gasteiger partial charge on any atom is 0.448 e. The summed E-state index contributed by atoms with van der Waals surface area (Å²) in [5.41, 5.74) is 9.40. The number of hydrogen-bond donors (Lipinski definition) is 1. The molecule has 55 heavy (non-hydrogen) atoms. The van der Waals surface area contributed by atoms with E-state index in [9.17, 15) is 18.0 Å². The maximum atomic E-state index is 11.7. The number of allylic oxidation sites excluding steroid dienone is 2. The van der Waals surface area contributed by atoms with E-state index in [1.165, 1.54) is 104 Å². The molecule has 7 heteroatoms. The van der Waals surface area contributed by atoms with Gasteiger partial charge >= 0.3 is 6.18 Å². The van der Waals surface area contributed by atoms with Crippen molar-refractivity contribution in [1.29, 1.82) is 0 Å². The summed E-state index contributed by atoms with van der Waals surface area (Å²) in [4.78, 5) is 16.3. The first-order valence-corrected chi connectivity index (χ1v) is 19.6. The second-order valence-electron chi connectivity index (χ2n) is 20.2. The number of pyridine rings is 1. The fourth-order valence-electron chi connectivity index (χ4n) is 10.1. The molecule has 301 valence electrons. The first-order valence-electron chi connectivity index (χ1n) is 19.6. The van der Waals surface area contributed by atoms with Gasteiger partial charge in [-0.05, 0) is 109 Å². The Kier molecular flexibility index (Phi) is 12.8. The van der Waals surface area contributed by atoms with Gasteiger partial charge < -0.3 is 5.11 Å². The number of benzene rings is 3. The van der Waals surface area contributed by atoms with E-state index in [4.69, 9.17) is 10.1 Å². The molecule has 0 amide bonds. The Morgan fingerprint density at radius 1 is 0.873 bits per heavy atom. The molecule has 0 unspecified atom stereocenters. The molecule has 3 aromatic carbocycles. The molecule has 0 bridgehead atoms. The van der Waals surface area contributed by atoms with Crippen LogP contribution in [-0.2, 0) is 30.3 Å². The van der Waals surface area contributed by atoms with Crippen molar-refractivity contribution in [1.82, 2.24) is 4.98 Å². The van der Waals surface area contributed by atoms with Crippen molar-refractivity contribution in [2.24, 2.45) is 21.7 Å². The molecule has 0 aliphatic heterocycles. The molecule has 0 atom stereocenters. The number of ketones is 1. The summed E-state index contributed by atoms with van der Waals surface area (Å²) in [5.74, 6) is -2.03. The van der Waals surface area contributed by atoms with Crippen LogP contribution in [-0.4, -0.2) is 22.1 Å². The summed E-state index contributed by atoms with van der Waals surface area (Å²) in [6.07, 6.45) is 4.76. The van der Waals surface area contributed by atoms with Crippen LogP contribution in [0.2, 0.25) is 0 Å². The predicted molar refractivity (Wildman–Crippen MR) is 218 cm³/mol. The second kappa shape index (κ2) is 15.7. The number of aliphatic hydroxyl groups excluding tert-OH is 1. The predicted octanol–water partition coefficient (Wildman–Crippen LogP) is 14.3. The van der Waals surface area contributed by atoms with E-state index in [0.29, 0.717) is 22.2 Å². The van der Waals surface area contributed by atoms with E-state index in [2.05, 4.69) is 117 Å². The van der Waals surface area contributed by atoms with E-state index in [1.54, 1.807) is 0 Å². The molecule has 1 aromatic heterocycles. The minimum atomic E-state index is -4.85. The third kappa shape index (κ3) is 10.5. The van der Waals surface area contributed by atoms with Crippen LogP contribution in [0.1, 0.15) is 142 Å². The number of carbonyl (C=O) groups is 1. The molecule has 2 aliphatic rings. The average Bonchev–Trinajstić information content (AvgIpc) is 3.01. The first kappa shape index (κ1) is 44.7. The zero-order valence-electron chi connectivity index (χ0n) is 35.0. The third-order valence-corrected chi connectivity index (χ3v) is 11.6. The number of rotatable bonds is 3. The Balaban J connectivity index is 0.000000414. The van der Waals surface area contributed by atoms with Crippen LogP contribution >= 0.6 is 0 Å². The van der Waals surface area contributed by atoms with Crippen molar-refractivity contribution >= 4 is 27.5 Å². The number of aromatic nitrogens is 1. The first-order chi connectivity index (χ1) is 24.7. The molecule has 4 aromatic rings. The molecule has 2 saturated carbocycles. The van der Waals surface area contributed by atoms with Crippen LogP contribution in [0.25, 0.3) is 32.9 Å². The largest absolute Gasteiger partial charge is 0.504 e. The summed E-state index contributed by atoms with van der Waals surface area (Å²) < 4.78 is 35.2. The number of hydrogen-bond acceptors (Lipinski definition) is 3. The minimum absolute atomic E-state index is 0. The van der Waals surface area contributed by atoms with Gasteiger partial charge in [-0.15, -0.1) is 29.1 Å². The molecular formula is C48H61F3IrNO2-. The third-order valence-electron chi connectivity index (χ3n) is 11.6. The smallest absolute Gasteiger partial charge is 0.448 e. The number of aryl methyl sites for hydroxylation is 2. The van der Waals surface area contributed by atoms with E-state index in [0.717, 1.165) is 16.8 Å². The van der Waals surface area contributed by atoms with Crippen molar-refractivity contribution in [3.05, 3.63) is 88.7 Å². The second-order valence-corrected chi connectivity index (χ2v) is 20.2. The Hall–Kier alpha value is -3.02. The molecule has 1 heterocycles. The normalized spacial score (nSPS) is 18.8. The molecule has 3 nitrogen and oxygen atoms in total. The molecular weight excluding hydrogens is 872 g/mol. The van der Waals surface area contributed by atoms with E-state index in [1.807, 2.05) is 0 Å². The number of nitrogens with zero attached hydrogens (tertiary/aromatic N) is 1. The summed E-state index contributed by atoms with van der Waals surface area (Å²) in [6.45, 7) is 25.9. The monoisotopic (exact) mass is 933 g/mol. The molecule has 2 fully saturated rings. The van der Waals surface area contributed by atoms with Crippen molar-refractivity contribution in [2.75, 3.05) is 0 Å². The molecule has 1 spiro atoms. The molecule has 2 aliphatic carbocycles. The van der Waals surface area contributed by atoms with Gasteiger partial charge in [0.25, 0.3) is 0 Å². The summed E-state index contributed by atoms with van der Waals surface area (Å²) in [5, 5.41) is 12.3. The van der Waals surface area contributed by atoms with Gasteiger partial charge in [-0.2, -0.15) is 13.2 Å². The van der Waals surface area contributed by atoms with E-state index >= 15 is 0 Å². The van der Waals surface area contributed by atoms with Crippen molar-refractivity contribution in [3.63, 3.8) is 0 Å². The zero-order valence-corrected chi connectivity index (χ0v) is 37.4. The van der Waals surface area contributed by atoms with Gasteiger partial charge in [0.1, 0.15) is 0 Å². The van der Waals surface area contributed by atoms with Crippen LogP contribution in [0.15, 0.2) is 60.4 Å². The van der Waals surface area contributed by atoms with Crippen LogP contribution in [0.3, 0.4) is 0 Å². The number of alkyl halides is 3. The van der Waals surface area contributed by atoms with Crippen LogP contribution in [0, 0.1) is 41.6 Å². The standard InChI is InChI=1S/C40H50N.C8H11F3O2.Ir/c1-26-18-27(2)36-32(28-14-16-40(17-15-28)24-38(6,7)23-39(8,9)25-40)22-34(41-35(36)19-26)30-20-29-12-10-11-13-31(29)33(21-30)37(3,4)5;1-7(2,3)5(12)4-6(13)8(9,10)11;/h10-13,18-19,21-22,28H,14-17,23-25H2,1-9H3;4,13H,1-3H3;/q-1;;/b;6-4-;. The maximum absolute atomic E-state index is 11.7. The molecule has 1 radical (unpaired) electrons. The van der Waals surface area contributed by atoms with Gasteiger partial charge in [0.2, 0.25) is 5.76 Å². The van der Waals surface area contributed by atoms with Gasteiger partial charge in [0, 0.05) is 42.7 Å². The fraction of sp³-hybridized carbons (Fsp3) is 0.542. The number of halogens is 3. The van der Waals surface area contributed by atoms with Crippen LogP contribution in [0.5, 0.6) is 0 Å². The Morgan fingerprint density at radius 3 is 2.00 bits per heavy atom. The van der Waals surface area contributed by atoms with Crippen molar-refractivity contribution in [3.8, 4) is 11.3 Å². The Bertz CT molecular complexity index is 2050. The van der Waals surface area contributed by atoms with Gasteiger partial charge in [-0.3, -0.25) is 9.78 Å². The Labute approximate surface area is 341 Å². The number of fused-ring (bicyclic) bond motifs is 2. The summed E-state index contributed by atoms with van der Waals surface area (Å²) in [7, 11) is 0. The van der Waals surface area contributed by atoms with Gasteiger partial charge in [-0.25, -0.2) is 0 Å². The number of aliphatic hydroxyl groups is 1. The molecule has 1 N–H and O–H groups in total. The van der Waals surface area contributed by atoms with Gasteiger partial charge in [0.15, 0.2) is 5.78 Å². The van der Waals surface area contributed by atoms with Gasteiger partial charge in [0.05, 0.1) is 5.52 Å². The SMILES string of the molecule is CC(C)(C)C(=O)/C=C(\O)C(F)(F)F.Cc1cc(C)c2c(C3CCC4(CC3)CC(C)(C)CC(C)(C)C4)cc(-c3[c-]c4ccccc4c(C(C)(C)C)c3)nc2c1.[Ir]. The number of carbonyl (C=O) groups excluding carboxylic acids is 1. The van der Waals surface area contributed by atoms with Crippen LogP contribution < -0.4 is 0 Å². The Morgan fingerprint density at radius 2 is 1.45 bits per heavy atom. The van der Waals surface area contributed by atoms with E-state index < -0.39 is 23.1 Å². The van der Waals surface area contributed by atoms with Crippen molar-refractivity contribution in [2.45, 2.75) is 146 Å². The van der Waals surface area contributed by atoms with Gasteiger partial charge in [-0.1, -0.05) is 111 Å². The molecule has 0 saturated heterocycles. The average molecular weight is 933 g/mol. The quantitative estimate of drug-likeness (QED) is 0.127. The minimum Gasteiger partial charge on any atom is -0.504 e. The summed E-state index contributed by atoms with van der Waals surface area (Å²) in [6, 6.07) is 22.0. The van der Waals surface area contributed by atoms with Crippen LogP contribution in [0.4, 0.5) is 13.2 Å². The topological polar surface area (TPSA) is 50.2 Å².